The molecule has 0 N–H and O–H groups in total. The summed E-state index contributed by atoms with van der Waals surface area (Å²) in [7, 11) is 0. The van der Waals surface area contributed by atoms with Crippen LogP contribution in [0.3, 0.4) is 0 Å². The highest BCUT2D eigenvalue weighted by Crippen LogP contribution is 2.32. The number of rotatable bonds is 4. The lowest BCUT2D eigenvalue weighted by Crippen LogP contribution is -2.10. The minimum atomic E-state index is 0.777. The van der Waals surface area contributed by atoms with Crippen molar-refractivity contribution in [3.63, 3.8) is 0 Å². The first-order valence-corrected chi connectivity index (χ1v) is 9.98. The fourth-order valence-corrected chi connectivity index (χ4v) is 4.29. The molecule has 1 aromatic heterocycles. The van der Waals surface area contributed by atoms with E-state index in [0.717, 1.165) is 40.0 Å². The molecule has 0 unspecified atom stereocenters. The fourth-order valence-electron chi connectivity index (χ4n) is 3.13. The van der Waals surface area contributed by atoms with Gasteiger partial charge in [0.2, 0.25) is 0 Å². The van der Waals surface area contributed by atoms with Crippen LogP contribution in [0.1, 0.15) is 29.7 Å². The van der Waals surface area contributed by atoms with Gasteiger partial charge in [-0.3, -0.25) is 0 Å². The van der Waals surface area contributed by atoms with Crippen molar-refractivity contribution in [3.8, 4) is 11.4 Å². The van der Waals surface area contributed by atoms with Gasteiger partial charge in [0.15, 0.2) is 5.82 Å². The first-order valence-electron chi connectivity index (χ1n) is 8.62. The van der Waals surface area contributed by atoms with Crippen LogP contribution < -0.4 is 0 Å². The number of aromatic nitrogens is 2. The Morgan fingerprint density at radius 3 is 2.44 bits per heavy atom. The lowest BCUT2D eigenvalue weighted by Gasteiger charge is -2.19. The number of fused-ring (bicyclic) bond motifs is 1. The molecule has 0 bridgehead atoms. The van der Waals surface area contributed by atoms with Gasteiger partial charge in [0.05, 0.1) is 0 Å². The Kier molecular flexibility index (Phi) is 5.04. The standard InChI is InChI=1S/C21H19ClN2S/c22-17-12-10-15(11-13-17)14-25-21-18-8-4-5-9-19(18)23-20(24-21)16-6-2-1-3-7-16/h1-3,6-7,10-13H,4-5,8-9,14H2. The highest BCUT2D eigenvalue weighted by atomic mass is 35.5. The van der Waals surface area contributed by atoms with E-state index in [4.69, 9.17) is 21.6 Å². The molecule has 2 nitrogen and oxygen atoms in total. The molecule has 0 amide bonds. The lowest BCUT2D eigenvalue weighted by atomic mass is 9.97. The molecule has 4 heteroatoms. The molecule has 1 aliphatic rings. The molecule has 0 saturated carbocycles. The summed E-state index contributed by atoms with van der Waals surface area (Å²) in [6, 6.07) is 18.3. The molecule has 1 aliphatic carbocycles. The molecular weight excluding hydrogens is 348 g/mol. The van der Waals surface area contributed by atoms with Crippen LogP contribution in [-0.4, -0.2) is 9.97 Å². The summed E-state index contributed by atoms with van der Waals surface area (Å²) >= 11 is 7.79. The van der Waals surface area contributed by atoms with Gasteiger partial charge in [0.25, 0.3) is 0 Å². The molecule has 0 fully saturated rings. The Labute approximate surface area is 157 Å². The second-order valence-electron chi connectivity index (χ2n) is 6.27. The van der Waals surface area contributed by atoms with Crippen molar-refractivity contribution in [2.45, 2.75) is 36.5 Å². The third-order valence-electron chi connectivity index (χ3n) is 4.47. The van der Waals surface area contributed by atoms with E-state index < -0.39 is 0 Å². The Hall–Kier alpha value is -1.84. The van der Waals surface area contributed by atoms with E-state index in [2.05, 4.69) is 24.3 Å². The average molecular weight is 367 g/mol. The van der Waals surface area contributed by atoms with Crippen molar-refractivity contribution in [2.24, 2.45) is 0 Å². The molecule has 1 heterocycles. The molecule has 3 aromatic rings. The van der Waals surface area contributed by atoms with Crippen LogP contribution in [0.15, 0.2) is 59.6 Å². The molecule has 2 aromatic carbocycles. The number of hydrogen-bond acceptors (Lipinski definition) is 3. The monoisotopic (exact) mass is 366 g/mol. The summed E-state index contributed by atoms with van der Waals surface area (Å²) in [5, 5.41) is 1.91. The van der Waals surface area contributed by atoms with Crippen LogP contribution in [0.2, 0.25) is 5.02 Å². The molecule has 25 heavy (non-hydrogen) atoms. The highest BCUT2D eigenvalue weighted by Gasteiger charge is 2.18. The minimum absolute atomic E-state index is 0.777. The SMILES string of the molecule is Clc1ccc(CSc2nc(-c3ccccc3)nc3c2CCCC3)cc1. The van der Waals surface area contributed by atoms with Gasteiger partial charge in [0.1, 0.15) is 5.03 Å². The van der Waals surface area contributed by atoms with Crippen molar-refractivity contribution in [1.82, 2.24) is 9.97 Å². The van der Waals surface area contributed by atoms with Gasteiger partial charge in [-0.2, -0.15) is 0 Å². The summed E-state index contributed by atoms with van der Waals surface area (Å²) in [4.78, 5) is 9.78. The van der Waals surface area contributed by atoms with E-state index in [9.17, 15) is 0 Å². The van der Waals surface area contributed by atoms with Crippen molar-refractivity contribution in [3.05, 3.63) is 76.4 Å². The molecule has 0 spiro atoms. The van der Waals surface area contributed by atoms with Crippen molar-refractivity contribution >= 4 is 23.4 Å². The predicted molar refractivity (Wildman–Crippen MR) is 105 cm³/mol. The predicted octanol–water partition coefficient (Wildman–Crippen LogP) is 5.97. The maximum atomic E-state index is 5.98. The third kappa shape index (κ3) is 3.88. The van der Waals surface area contributed by atoms with E-state index >= 15 is 0 Å². The Morgan fingerprint density at radius 1 is 0.880 bits per heavy atom. The van der Waals surface area contributed by atoms with Gasteiger partial charge in [-0.05, 0) is 43.4 Å². The maximum absolute atomic E-state index is 5.98. The summed E-state index contributed by atoms with van der Waals surface area (Å²) < 4.78 is 0. The topological polar surface area (TPSA) is 25.8 Å². The number of hydrogen-bond donors (Lipinski definition) is 0. The maximum Gasteiger partial charge on any atom is 0.160 e. The molecule has 0 atom stereocenters. The van der Waals surface area contributed by atoms with Crippen LogP contribution in [0.4, 0.5) is 0 Å². The summed E-state index contributed by atoms with van der Waals surface area (Å²) in [6.45, 7) is 0. The zero-order valence-electron chi connectivity index (χ0n) is 13.9. The molecule has 0 radical (unpaired) electrons. The van der Waals surface area contributed by atoms with Crippen molar-refractivity contribution in [1.29, 1.82) is 0 Å². The molecule has 4 rings (SSSR count). The Morgan fingerprint density at radius 2 is 1.64 bits per heavy atom. The molecule has 0 aliphatic heterocycles. The van der Waals surface area contributed by atoms with Crippen LogP contribution in [0.25, 0.3) is 11.4 Å². The van der Waals surface area contributed by atoms with E-state index in [1.165, 1.54) is 29.7 Å². The largest absolute Gasteiger partial charge is 0.233 e. The molecule has 0 saturated heterocycles. The van der Waals surface area contributed by atoms with Crippen molar-refractivity contribution in [2.75, 3.05) is 0 Å². The fraction of sp³-hybridized carbons (Fsp3) is 0.238. The molecule has 126 valence electrons. The minimum Gasteiger partial charge on any atom is -0.233 e. The first kappa shape index (κ1) is 16.6. The highest BCUT2D eigenvalue weighted by molar-refractivity contribution is 7.98. The van der Waals surface area contributed by atoms with Crippen LogP contribution in [-0.2, 0) is 18.6 Å². The quantitative estimate of drug-likeness (QED) is 0.420. The van der Waals surface area contributed by atoms with E-state index in [1.807, 2.05) is 42.1 Å². The zero-order valence-corrected chi connectivity index (χ0v) is 15.5. The van der Waals surface area contributed by atoms with E-state index in [-0.39, 0.29) is 0 Å². The third-order valence-corrected chi connectivity index (χ3v) is 5.81. The van der Waals surface area contributed by atoms with E-state index in [0.29, 0.717) is 0 Å². The number of thioether (sulfide) groups is 1. The second kappa shape index (κ2) is 7.59. The van der Waals surface area contributed by atoms with Crippen LogP contribution >= 0.6 is 23.4 Å². The van der Waals surface area contributed by atoms with Crippen LogP contribution in [0, 0.1) is 0 Å². The van der Waals surface area contributed by atoms with Gasteiger partial charge >= 0.3 is 0 Å². The number of benzene rings is 2. The number of aryl methyl sites for hydroxylation is 1. The first-order chi connectivity index (χ1) is 12.3. The van der Waals surface area contributed by atoms with Gasteiger partial charge in [-0.15, -0.1) is 11.8 Å². The number of nitrogens with zero attached hydrogens (tertiary/aromatic N) is 2. The Bertz CT molecular complexity index is 863. The van der Waals surface area contributed by atoms with Gasteiger partial charge in [-0.1, -0.05) is 54.1 Å². The van der Waals surface area contributed by atoms with Gasteiger partial charge in [0, 0.05) is 27.6 Å². The normalized spacial score (nSPS) is 13.5. The van der Waals surface area contributed by atoms with Crippen LogP contribution in [0.5, 0.6) is 0 Å². The summed E-state index contributed by atoms with van der Waals surface area (Å²) in [5.74, 6) is 1.74. The summed E-state index contributed by atoms with van der Waals surface area (Å²) in [5.41, 5.74) is 4.94. The second-order valence-corrected chi connectivity index (χ2v) is 7.67. The van der Waals surface area contributed by atoms with Gasteiger partial charge in [-0.25, -0.2) is 9.97 Å². The van der Waals surface area contributed by atoms with Crippen molar-refractivity contribution < 1.29 is 0 Å². The summed E-state index contributed by atoms with van der Waals surface area (Å²) in [6.07, 6.45) is 4.61. The average Bonchev–Trinajstić information content (AvgIpc) is 2.68. The Balaban J connectivity index is 1.66. The van der Waals surface area contributed by atoms with Gasteiger partial charge < -0.3 is 0 Å². The number of halogens is 1. The zero-order chi connectivity index (χ0) is 17.1. The smallest absolute Gasteiger partial charge is 0.160 e. The molecular formula is C21H19ClN2S. The lowest BCUT2D eigenvalue weighted by molar-refractivity contribution is 0.647. The van der Waals surface area contributed by atoms with E-state index in [1.54, 1.807) is 0 Å².